The molecular formula is C22H25NO5. The summed E-state index contributed by atoms with van der Waals surface area (Å²) in [6.07, 6.45) is -1.11. The quantitative estimate of drug-likeness (QED) is 0.774. The van der Waals surface area contributed by atoms with Crippen LogP contribution in [0.4, 0.5) is 0 Å². The number of hydrogen-bond donors (Lipinski definition) is 1. The SMILES string of the molecule is CC1(C)OC2O[C@H](COC(=O)c3ccccc3)C(NCc3ccccc3)C2O1. The maximum absolute atomic E-state index is 12.3. The fourth-order valence-corrected chi connectivity index (χ4v) is 3.61. The first-order valence-electron chi connectivity index (χ1n) is 9.52. The first-order valence-corrected chi connectivity index (χ1v) is 9.52. The van der Waals surface area contributed by atoms with E-state index >= 15 is 0 Å². The van der Waals surface area contributed by atoms with Gasteiger partial charge in [0, 0.05) is 6.54 Å². The van der Waals surface area contributed by atoms with E-state index in [9.17, 15) is 4.79 Å². The molecule has 0 aromatic heterocycles. The molecule has 0 aliphatic carbocycles. The molecule has 2 aliphatic rings. The van der Waals surface area contributed by atoms with Gasteiger partial charge in [-0.2, -0.15) is 0 Å². The zero-order valence-electron chi connectivity index (χ0n) is 16.0. The molecule has 6 heteroatoms. The van der Waals surface area contributed by atoms with E-state index in [4.69, 9.17) is 18.9 Å². The lowest BCUT2D eigenvalue weighted by molar-refractivity contribution is -0.210. The molecule has 0 radical (unpaired) electrons. The van der Waals surface area contributed by atoms with Gasteiger partial charge in [-0.1, -0.05) is 48.5 Å². The van der Waals surface area contributed by atoms with Gasteiger partial charge in [0.25, 0.3) is 0 Å². The third-order valence-corrected chi connectivity index (χ3v) is 4.92. The zero-order valence-corrected chi connectivity index (χ0v) is 16.0. The number of rotatable bonds is 6. The predicted molar refractivity (Wildman–Crippen MR) is 102 cm³/mol. The minimum atomic E-state index is -0.701. The van der Waals surface area contributed by atoms with Crippen LogP contribution in [0.25, 0.3) is 0 Å². The zero-order chi connectivity index (χ0) is 19.6. The maximum Gasteiger partial charge on any atom is 0.338 e. The van der Waals surface area contributed by atoms with Gasteiger partial charge >= 0.3 is 5.97 Å². The minimum absolute atomic E-state index is 0.125. The molecule has 6 nitrogen and oxygen atoms in total. The standard InChI is InChI=1S/C22H25NO5/c1-22(2)27-19-18(23-13-15-9-5-3-6-10-15)17(26-21(19)28-22)14-25-20(24)16-11-7-4-8-12-16/h3-12,17-19,21,23H,13-14H2,1-2H3/t17-,18?,19?,21?/m1/s1. The lowest BCUT2D eigenvalue weighted by Crippen LogP contribution is -2.47. The highest BCUT2D eigenvalue weighted by molar-refractivity contribution is 5.89. The van der Waals surface area contributed by atoms with Gasteiger partial charge in [0.15, 0.2) is 12.1 Å². The molecule has 2 aromatic rings. The molecule has 148 valence electrons. The Morgan fingerprint density at radius 2 is 1.71 bits per heavy atom. The van der Waals surface area contributed by atoms with Crippen LogP contribution in [0, 0.1) is 0 Å². The minimum Gasteiger partial charge on any atom is -0.459 e. The van der Waals surface area contributed by atoms with Crippen molar-refractivity contribution in [1.29, 1.82) is 0 Å². The number of esters is 1. The lowest BCUT2D eigenvalue weighted by Gasteiger charge is -2.26. The number of nitrogens with one attached hydrogen (secondary N) is 1. The van der Waals surface area contributed by atoms with Gasteiger partial charge in [0.1, 0.15) is 18.8 Å². The third kappa shape index (κ3) is 4.25. The Bertz CT molecular complexity index is 795. The Balaban J connectivity index is 1.42. The van der Waals surface area contributed by atoms with E-state index in [1.165, 1.54) is 0 Å². The van der Waals surface area contributed by atoms with Crippen LogP contribution in [-0.2, 0) is 25.5 Å². The smallest absolute Gasteiger partial charge is 0.338 e. The van der Waals surface area contributed by atoms with Crippen molar-refractivity contribution in [3.05, 3.63) is 71.8 Å². The van der Waals surface area contributed by atoms with Gasteiger partial charge in [-0.15, -0.1) is 0 Å². The van der Waals surface area contributed by atoms with Gasteiger partial charge in [-0.3, -0.25) is 0 Å². The molecule has 3 unspecified atom stereocenters. The van der Waals surface area contributed by atoms with Crippen molar-refractivity contribution < 1.29 is 23.7 Å². The van der Waals surface area contributed by atoms with E-state index < -0.39 is 12.1 Å². The Kier molecular flexibility index (Phi) is 5.46. The molecule has 1 N–H and O–H groups in total. The summed E-state index contributed by atoms with van der Waals surface area (Å²) in [6, 6.07) is 18.9. The Labute approximate surface area is 164 Å². The molecule has 4 rings (SSSR count). The van der Waals surface area contributed by atoms with Gasteiger partial charge in [0.05, 0.1) is 11.6 Å². The Hall–Kier alpha value is -2.25. The molecule has 2 saturated heterocycles. The highest BCUT2D eigenvalue weighted by Gasteiger charge is 2.54. The highest BCUT2D eigenvalue weighted by Crippen LogP contribution is 2.37. The van der Waals surface area contributed by atoms with Crippen molar-refractivity contribution in [2.45, 2.75) is 50.7 Å². The van der Waals surface area contributed by atoms with Crippen LogP contribution in [0.5, 0.6) is 0 Å². The summed E-state index contributed by atoms with van der Waals surface area (Å²) in [4.78, 5) is 12.3. The highest BCUT2D eigenvalue weighted by atomic mass is 16.8. The maximum atomic E-state index is 12.3. The first kappa shape index (κ1) is 19.1. The molecule has 2 aliphatic heterocycles. The second kappa shape index (κ2) is 8.01. The van der Waals surface area contributed by atoms with Crippen molar-refractivity contribution in [3.8, 4) is 0 Å². The van der Waals surface area contributed by atoms with Gasteiger partial charge in [-0.05, 0) is 31.5 Å². The lowest BCUT2D eigenvalue weighted by atomic mass is 10.1. The van der Waals surface area contributed by atoms with Crippen LogP contribution in [0.1, 0.15) is 29.8 Å². The molecule has 4 atom stereocenters. The van der Waals surface area contributed by atoms with E-state index in [2.05, 4.69) is 17.4 Å². The van der Waals surface area contributed by atoms with Crippen molar-refractivity contribution in [2.24, 2.45) is 0 Å². The number of hydrogen-bond acceptors (Lipinski definition) is 6. The summed E-state index contributed by atoms with van der Waals surface area (Å²) in [5.41, 5.74) is 1.67. The van der Waals surface area contributed by atoms with Crippen molar-refractivity contribution in [2.75, 3.05) is 6.61 Å². The Morgan fingerprint density at radius 3 is 2.43 bits per heavy atom. The van der Waals surface area contributed by atoms with Crippen molar-refractivity contribution in [3.63, 3.8) is 0 Å². The average molecular weight is 383 g/mol. The van der Waals surface area contributed by atoms with Crippen LogP contribution in [-0.4, -0.2) is 42.9 Å². The molecular weight excluding hydrogens is 358 g/mol. The van der Waals surface area contributed by atoms with E-state index in [1.54, 1.807) is 24.3 Å². The van der Waals surface area contributed by atoms with Gasteiger partial charge in [-0.25, -0.2) is 4.79 Å². The summed E-state index contributed by atoms with van der Waals surface area (Å²) >= 11 is 0. The van der Waals surface area contributed by atoms with Crippen LogP contribution in [0.2, 0.25) is 0 Å². The van der Waals surface area contributed by atoms with Gasteiger partial charge in [0.2, 0.25) is 0 Å². The van der Waals surface area contributed by atoms with Crippen LogP contribution in [0.15, 0.2) is 60.7 Å². The summed E-state index contributed by atoms with van der Waals surface area (Å²) in [5, 5.41) is 3.50. The molecule has 28 heavy (non-hydrogen) atoms. The van der Waals surface area contributed by atoms with Gasteiger partial charge < -0.3 is 24.3 Å². The normalized spacial score (nSPS) is 28.1. The molecule has 2 fully saturated rings. The molecule has 0 amide bonds. The van der Waals surface area contributed by atoms with Crippen molar-refractivity contribution >= 4 is 5.97 Å². The average Bonchev–Trinajstić information content (AvgIpc) is 3.17. The predicted octanol–water partition coefficient (Wildman–Crippen LogP) is 2.88. The second-order valence-electron chi connectivity index (χ2n) is 7.50. The second-order valence-corrected chi connectivity index (χ2v) is 7.50. The Morgan fingerprint density at radius 1 is 1.04 bits per heavy atom. The first-order chi connectivity index (χ1) is 13.5. The van der Waals surface area contributed by atoms with E-state index in [1.807, 2.05) is 38.1 Å². The van der Waals surface area contributed by atoms with Crippen molar-refractivity contribution in [1.82, 2.24) is 5.32 Å². The number of ether oxygens (including phenoxy) is 4. The largest absolute Gasteiger partial charge is 0.459 e. The molecule has 2 aromatic carbocycles. The van der Waals surface area contributed by atoms with E-state index in [0.717, 1.165) is 5.56 Å². The topological polar surface area (TPSA) is 66.0 Å². The molecule has 0 saturated carbocycles. The number of carbonyl (C=O) groups is 1. The summed E-state index contributed by atoms with van der Waals surface area (Å²) in [6.45, 7) is 4.52. The molecule has 2 heterocycles. The summed E-state index contributed by atoms with van der Waals surface area (Å²) < 4.78 is 23.4. The third-order valence-electron chi connectivity index (χ3n) is 4.92. The van der Waals surface area contributed by atoms with Crippen LogP contribution in [0.3, 0.4) is 0 Å². The fourth-order valence-electron chi connectivity index (χ4n) is 3.61. The van der Waals surface area contributed by atoms with Crippen LogP contribution < -0.4 is 5.32 Å². The summed E-state index contributed by atoms with van der Waals surface area (Å²) in [7, 11) is 0. The summed E-state index contributed by atoms with van der Waals surface area (Å²) in [5.74, 6) is -1.07. The van der Waals surface area contributed by atoms with Crippen LogP contribution >= 0.6 is 0 Å². The fraction of sp³-hybridized carbons (Fsp3) is 0.409. The monoisotopic (exact) mass is 383 g/mol. The van der Waals surface area contributed by atoms with E-state index in [0.29, 0.717) is 12.1 Å². The molecule has 0 bridgehead atoms. The molecule has 0 spiro atoms. The number of benzene rings is 2. The number of carbonyl (C=O) groups excluding carboxylic acids is 1. The number of fused-ring (bicyclic) bond motifs is 1. The van der Waals surface area contributed by atoms with E-state index in [-0.39, 0.29) is 30.8 Å².